The number of ether oxygens (including phenoxy) is 3. The molecule has 160 valence electrons. The molecule has 0 amide bonds. The number of methoxy groups -OCH3 is 2. The molecule has 28 heavy (non-hydrogen) atoms. The number of likely N-dealkylation sites (N-methyl/N-ethyl adjacent to an activating group) is 2. The number of aliphatic hydroxyl groups excluding tert-OH is 1. The molecule has 0 bridgehead atoms. The van der Waals surface area contributed by atoms with Gasteiger partial charge < -0.3 is 24.2 Å². The maximum absolute atomic E-state index is 10.4. The Hall–Kier alpha value is -1.34. The first-order valence-electron chi connectivity index (χ1n) is 10.4. The molecule has 0 heterocycles. The molecule has 1 aliphatic carbocycles. The first kappa shape index (κ1) is 22.9. The smallest absolute Gasteiger partial charge is 0.161 e. The molecule has 1 aliphatic rings. The van der Waals surface area contributed by atoms with E-state index in [0.29, 0.717) is 30.7 Å². The molecular weight excluding hydrogens is 356 g/mol. The van der Waals surface area contributed by atoms with Gasteiger partial charge in [-0.1, -0.05) is 25.3 Å². The summed E-state index contributed by atoms with van der Waals surface area (Å²) in [6.45, 7) is 3.30. The van der Waals surface area contributed by atoms with Crippen molar-refractivity contribution in [3.63, 3.8) is 0 Å². The van der Waals surface area contributed by atoms with E-state index in [-0.39, 0.29) is 6.61 Å². The summed E-state index contributed by atoms with van der Waals surface area (Å²) in [6, 6.07) is 6.56. The second-order valence-electron chi connectivity index (χ2n) is 7.91. The van der Waals surface area contributed by atoms with Crippen LogP contribution >= 0.6 is 0 Å². The van der Waals surface area contributed by atoms with Crippen LogP contribution in [0.15, 0.2) is 18.2 Å². The zero-order valence-corrected chi connectivity index (χ0v) is 18.0. The van der Waals surface area contributed by atoms with E-state index < -0.39 is 6.10 Å². The Morgan fingerprint density at radius 3 is 2.54 bits per heavy atom. The Labute approximate surface area is 170 Å². The van der Waals surface area contributed by atoms with Crippen molar-refractivity contribution in [1.82, 2.24) is 9.80 Å². The van der Waals surface area contributed by atoms with Gasteiger partial charge in [0.15, 0.2) is 11.5 Å². The molecular formula is C22H38N2O4. The molecule has 2 rings (SSSR count). The maximum atomic E-state index is 10.4. The third-order valence-electron chi connectivity index (χ3n) is 5.49. The molecule has 6 heteroatoms. The van der Waals surface area contributed by atoms with E-state index in [1.807, 2.05) is 18.2 Å². The van der Waals surface area contributed by atoms with Gasteiger partial charge in [0, 0.05) is 32.8 Å². The second-order valence-corrected chi connectivity index (χ2v) is 7.91. The van der Waals surface area contributed by atoms with Crippen molar-refractivity contribution in [3.05, 3.63) is 23.8 Å². The maximum Gasteiger partial charge on any atom is 0.161 e. The zero-order valence-electron chi connectivity index (χ0n) is 18.0. The van der Waals surface area contributed by atoms with Crippen LogP contribution in [0.3, 0.4) is 0 Å². The number of nitrogens with zero attached hydrogens (tertiary/aromatic N) is 2. The summed E-state index contributed by atoms with van der Waals surface area (Å²) in [7, 11) is 7.53. The van der Waals surface area contributed by atoms with Crippen LogP contribution in [0.1, 0.15) is 37.7 Å². The van der Waals surface area contributed by atoms with Crippen LogP contribution < -0.4 is 9.47 Å². The fourth-order valence-corrected chi connectivity index (χ4v) is 3.81. The lowest BCUT2D eigenvalue weighted by Gasteiger charge is -2.32. The molecule has 0 aliphatic heterocycles. The van der Waals surface area contributed by atoms with Crippen LogP contribution in [0, 0.1) is 0 Å². The number of hydrogen-bond donors (Lipinski definition) is 1. The van der Waals surface area contributed by atoms with Gasteiger partial charge in [-0.2, -0.15) is 0 Å². The zero-order chi connectivity index (χ0) is 20.4. The van der Waals surface area contributed by atoms with Crippen molar-refractivity contribution in [3.8, 4) is 11.5 Å². The molecule has 1 aromatic rings. The van der Waals surface area contributed by atoms with Crippen LogP contribution in [0.5, 0.6) is 11.5 Å². The fourth-order valence-electron chi connectivity index (χ4n) is 3.81. The molecule has 1 fully saturated rings. The predicted octanol–water partition coefficient (Wildman–Crippen LogP) is 2.78. The Morgan fingerprint density at radius 2 is 1.86 bits per heavy atom. The number of hydrogen-bond acceptors (Lipinski definition) is 6. The summed E-state index contributed by atoms with van der Waals surface area (Å²) in [5, 5.41) is 10.4. The standard InChI is InChI=1S/C22H38N2O4/c1-23(12-13-26-3)15-18-10-11-21(22(14-18)27-4)28-17-20(25)16-24(2)19-8-6-5-7-9-19/h10-11,14,19-20,25H,5-9,12-13,15-17H2,1-4H3. The topological polar surface area (TPSA) is 54.4 Å². The van der Waals surface area contributed by atoms with E-state index in [1.54, 1.807) is 14.2 Å². The highest BCUT2D eigenvalue weighted by Crippen LogP contribution is 2.29. The summed E-state index contributed by atoms with van der Waals surface area (Å²) < 4.78 is 16.5. The van der Waals surface area contributed by atoms with Crippen LogP contribution in [-0.4, -0.2) is 81.7 Å². The molecule has 1 atom stereocenters. The quantitative estimate of drug-likeness (QED) is 0.588. The highest BCUT2D eigenvalue weighted by molar-refractivity contribution is 5.43. The van der Waals surface area contributed by atoms with E-state index in [0.717, 1.165) is 18.7 Å². The SMILES string of the molecule is COCCN(C)Cc1ccc(OCC(O)CN(C)C2CCCCC2)c(OC)c1. The molecule has 0 spiro atoms. The van der Waals surface area contributed by atoms with Gasteiger partial charge in [-0.05, 0) is 44.6 Å². The minimum absolute atomic E-state index is 0.264. The van der Waals surface area contributed by atoms with Gasteiger partial charge in [0.25, 0.3) is 0 Å². The normalized spacial score (nSPS) is 16.5. The molecule has 1 unspecified atom stereocenters. The Kier molecular flexibility index (Phi) is 10.1. The lowest BCUT2D eigenvalue weighted by molar-refractivity contribution is 0.0553. The third kappa shape index (κ3) is 7.59. The van der Waals surface area contributed by atoms with Crippen molar-refractivity contribution in [2.75, 3.05) is 54.6 Å². The van der Waals surface area contributed by atoms with Crippen molar-refractivity contribution in [2.45, 2.75) is 50.8 Å². The van der Waals surface area contributed by atoms with Crippen LogP contribution in [0.2, 0.25) is 0 Å². The Balaban J connectivity index is 1.83. The summed E-state index contributed by atoms with van der Waals surface area (Å²) in [4.78, 5) is 4.48. The number of aliphatic hydroxyl groups is 1. The van der Waals surface area contributed by atoms with Crippen molar-refractivity contribution in [1.29, 1.82) is 0 Å². The van der Waals surface area contributed by atoms with Gasteiger partial charge in [0.05, 0.1) is 13.7 Å². The van der Waals surface area contributed by atoms with E-state index >= 15 is 0 Å². The molecule has 6 nitrogen and oxygen atoms in total. The minimum atomic E-state index is -0.517. The summed E-state index contributed by atoms with van der Waals surface area (Å²) in [5.74, 6) is 1.37. The van der Waals surface area contributed by atoms with Crippen molar-refractivity contribution in [2.24, 2.45) is 0 Å². The monoisotopic (exact) mass is 394 g/mol. The van der Waals surface area contributed by atoms with Crippen molar-refractivity contribution >= 4 is 0 Å². The van der Waals surface area contributed by atoms with Gasteiger partial charge in [-0.15, -0.1) is 0 Å². The van der Waals surface area contributed by atoms with E-state index in [9.17, 15) is 5.11 Å². The van der Waals surface area contributed by atoms with Crippen LogP contribution in [0.25, 0.3) is 0 Å². The van der Waals surface area contributed by atoms with E-state index in [2.05, 4.69) is 23.9 Å². The second kappa shape index (κ2) is 12.3. The first-order valence-corrected chi connectivity index (χ1v) is 10.4. The molecule has 0 saturated heterocycles. The van der Waals surface area contributed by atoms with Gasteiger partial charge in [-0.3, -0.25) is 4.90 Å². The number of benzene rings is 1. The Morgan fingerprint density at radius 1 is 1.11 bits per heavy atom. The highest BCUT2D eigenvalue weighted by atomic mass is 16.5. The largest absolute Gasteiger partial charge is 0.493 e. The summed E-state index contributed by atoms with van der Waals surface area (Å²) in [5.41, 5.74) is 1.15. The average Bonchev–Trinajstić information content (AvgIpc) is 2.71. The third-order valence-corrected chi connectivity index (χ3v) is 5.49. The lowest BCUT2D eigenvalue weighted by Crippen LogP contribution is -2.40. The molecule has 1 N–H and O–H groups in total. The predicted molar refractivity (Wildman–Crippen MR) is 112 cm³/mol. The molecule has 1 saturated carbocycles. The Bertz CT molecular complexity index is 563. The van der Waals surface area contributed by atoms with Gasteiger partial charge in [-0.25, -0.2) is 0 Å². The average molecular weight is 395 g/mol. The minimum Gasteiger partial charge on any atom is -0.493 e. The summed E-state index contributed by atoms with van der Waals surface area (Å²) in [6.07, 6.45) is 5.89. The number of rotatable bonds is 12. The highest BCUT2D eigenvalue weighted by Gasteiger charge is 2.20. The van der Waals surface area contributed by atoms with Crippen molar-refractivity contribution < 1.29 is 19.3 Å². The van der Waals surface area contributed by atoms with Crippen LogP contribution in [0.4, 0.5) is 0 Å². The van der Waals surface area contributed by atoms with Gasteiger partial charge in [0.2, 0.25) is 0 Å². The lowest BCUT2D eigenvalue weighted by atomic mass is 9.94. The van der Waals surface area contributed by atoms with E-state index in [1.165, 1.54) is 32.1 Å². The van der Waals surface area contributed by atoms with E-state index in [4.69, 9.17) is 14.2 Å². The van der Waals surface area contributed by atoms with Gasteiger partial charge >= 0.3 is 0 Å². The molecule has 0 radical (unpaired) electrons. The van der Waals surface area contributed by atoms with Gasteiger partial charge in [0.1, 0.15) is 12.7 Å². The summed E-state index contributed by atoms with van der Waals surface area (Å²) >= 11 is 0. The fraction of sp³-hybridized carbons (Fsp3) is 0.727. The van der Waals surface area contributed by atoms with Crippen LogP contribution in [-0.2, 0) is 11.3 Å². The molecule has 1 aromatic carbocycles. The first-order chi connectivity index (χ1) is 13.5. The molecule has 0 aromatic heterocycles.